The number of benzene rings is 1. The molecule has 4 rings (SSSR count). The van der Waals surface area contributed by atoms with Gasteiger partial charge >= 0.3 is 0 Å². The highest BCUT2D eigenvalue weighted by atomic mass is 35.5. The molecule has 1 amide bonds. The Labute approximate surface area is 214 Å². The van der Waals surface area contributed by atoms with Crippen LogP contribution in [-0.2, 0) is 23.1 Å². The Bertz CT molecular complexity index is 1280. The van der Waals surface area contributed by atoms with Crippen molar-refractivity contribution in [3.63, 3.8) is 0 Å². The zero-order chi connectivity index (χ0) is 25.2. The molecule has 35 heavy (non-hydrogen) atoms. The SMILES string of the molecule is CCSc1ccc(CC(=O)Nc2cc(C)c3c(n2)CCC(C)(c2ncc(Cl)cc2OC)C3=O)cc1. The number of methoxy groups -OCH3 is 1. The summed E-state index contributed by atoms with van der Waals surface area (Å²) in [7, 11) is 1.54. The lowest BCUT2D eigenvalue weighted by molar-refractivity contribution is -0.115. The summed E-state index contributed by atoms with van der Waals surface area (Å²) < 4.78 is 5.48. The number of amides is 1. The van der Waals surface area contributed by atoms with Gasteiger partial charge in [0.1, 0.15) is 11.6 Å². The van der Waals surface area contributed by atoms with E-state index in [2.05, 4.69) is 22.2 Å². The van der Waals surface area contributed by atoms with Gasteiger partial charge in [0.05, 0.1) is 35.4 Å². The Kier molecular flexibility index (Phi) is 7.47. The first-order valence-electron chi connectivity index (χ1n) is 11.5. The lowest BCUT2D eigenvalue weighted by Crippen LogP contribution is -2.39. The number of ether oxygens (including phenoxy) is 1. The van der Waals surface area contributed by atoms with Crippen molar-refractivity contribution in [2.45, 2.75) is 50.3 Å². The van der Waals surface area contributed by atoms with Crippen molar-refractivity contribution < 1.29 is 14.3 Å². The maximum atomic E-state index is 13.7. The quantitative estimate of drug-likeness (QED) is 0.404. The predicted octanol–water partition coefficient (Wildman–Crippen LogP) is 5.83. The number of nitrogens with one attached hydrogen (secondary N) is 1. The van der Waals surface area contributed by atoms with Gasteiger partial charge in [0.2, 0.25) is 5.91 Å². The number of rotatable bonds is 7. The Hall–Kier alpha value is -2.90. The van der Waals surface area contributed by atoms with Crippen molar-refractivity contribution >= 4 is 40.9 Å². The van der Waals surface area contributed by atoms with Crippen molar-refractivity contribution in [3.05, 3.63) is 75.7 Å². The first kappa shape index (κ1) is 25.2. The third-order valence-corrected chi connectivity index (χ3v) is 7.41. The molecule has 6 nitrogen and oxygen atoms in total. The fourth-order valence-corrected chi connectivity index (χ4v) is 5.32. The van der Waals surface area contributed by atoms with Crippen molar-refractivity contribution in [1.82, 2.24) is 9.97 Å². The maximum Gasteiger partial charge on any atom is 0.229 e. The number of hydrogen-bond acceptors (Lipinski definition) is 6. The van der Waals surface area contributed by atoms with Gasteiger partial charge in [0, 0.05) is 22.7 Å². The number of hydrogen-bond donors (Lipinski definition) is 1. The number of nitrogens with zero attached hydrogens (tertiary/aromatic N) is 2. The Morgan fingerprint density at radius 2 is 2.00 bits per heavy atom. The summed E-state index contributed by atoms with van der Waals surface area (Å²) in [6.45, 7) is 5.87. The first-order chi connectivity index (χ1) is 16.7. The van der Waals surface area contributed by atoms with Crippen molar-refractivity contribution in [2.24, 2.45) is 0 Å². The molecular weight excluding hydrogens is 482 g/mol. The lowest BCUT2D eigenvalue weighted by atomic mass is 9.69. The highest BCUT2D eigenvalue weighted by molar-refractivity contribution is 7.99. The van der Waals surface area contributed by atoms with Crippen LogP contribution in [0.3, 0.4) is 0 Å². The number of ketones is 1. The Balaban J connectivity index is 1.54. The molecule has 0 radical (unpaired) electrons. The van der Waals surface area contributed by atoms with E-state index in [1.54, 1.807) is 31.0 Å². The highest BCUT2D eigenvalue weighted by Crippen LogP contribution is 2.42. The van der Waals surface area contributed by atoms with Gasteiger partial charge in [-0.15, -0.1) is 11.8 Å². The molecule has 3 aromatic rings. The molecule has 1 aliphatic carbocycles. The van der Waals surface area contributed by atoms with Crippen LogP contribution in [0.15, 0.2) is 47.5 Å². The average Bonchev–Trinajstić information content (AvgIpc) is 2.82. The van der Waals surface area contributed by atoms with Gasteiger partial charge in [-0.2, -0.15) is 0 Å². The molecule has 0 saturated heterocycles. The Morgan fingerprint density at radius 3 is 2.69 bits per heavy atom. The number of halogens is 1. The van der Waals surface area contributed by atoms with Gasteiger partial charge in [-0.25, -0.2) is 4.98 Å². The number of thioether (sulfide) groups is 1. The normalized spacial score (nSPS) is 17.1. The van der Waals surface area contributed by atoms with Crippen LogP contribution in [0.4, 0.5) is 5.82 Å². The molecule has 0 bridgehead atoms. The number of carbonyl (C=O) groups is 2. The summed E-state index contributed by atoms with van der Waals surface area (Å²) in [6.07, 6.45) is 2.89. The van der Waals surface area contributed by atoms with Gasteiger partial charge in [-0.05, 0) is 61.8 Å². The standard InChI is InChI=1S/C27H28ClN3O3S/c1-5-35-19-8-6-17(7-9-19)13-23(32)31-22-12-16(2)24-20(30-22)10-11-27(3,26(24)33)25-21(34-4)14-18(28)15-29-25/h6-9,12,14-15H,5,10-11,13H2,1-4H3,(H,30,31,32). The highest BCUT2D eigenvalue weighted by Gasteiger charge is 2.44. The lowest BCUT2D eigenvalue weighted by Gasteiger charge is -2.34. The van der Waals surface area contributed by atoms with Crippen molar-refractivity contribution in [2.75, 3.05) is 18.2 Å². The molecule has 8 heteroatoms. The average molecular weight is 510 g/mol. The first-order valence-corrected chi connectivity index (χ1v) is 12.9. The zero-order valence-electron chi connectivity index (χ0n) is 20.3. The molecule has 1 aromatic carbocycles. The number of fused-ring (bicyclic) bond motifs is 1. The van der Waals surface area contributed by atoms with Gasteiger partial charge < -0.3 is 10.1 Å². The van der Waals surface area contributed by atoms with E-state index < -0.39 is 5.41 Å². The largest absolute Gasteiger partial charge is 0.495 e. The van der Waals surface area contributed by atoms with Crippen LogP contribution in [0.5, 0.6) is 5.75 Å². The second-order valence-corrected chi connectivity index (χ2v) is 10.6. The summed E-state index contributed by atoms with van der Waals surface area (Å²) in [5.74, 6) is 1.76. The molecule has 182 valence electrons. The van der Waals surface area contributed by atoms with E-state index in [0.717, 1.165) is 16.9 Å². The number of anilines is 1. The summed E-state index contributed by atoms with van der Waals surface area (Å²) in [5, 5.41) is 3.35. The van der Waals surface area contributed by atoms with E-state index in [1.807, 2.05) is 38.1 Å². The number of pyridine rings is 2. The van der Waals surface area contributed by atoms with Crippen LogP contribution in [0.25, 0.3) is 0 Å². The summed E-state index contributed by atoms with van der Waals surface area (Å²) in [4.78, 5) is 36.6. The molecule has 1 atom stereocenters. The van der Waals surface area contributed by atoms with Crippen LogP contribution in [0.2, 0.25) is 5.02 Å². The fraction of sp³-hybridized carbons (Fsp3) is 0.333. The molecule has 1 aliphatic rings. The second kappa shape index (κ2) is 10.4. The van der Waals surface area contributed by atoms with Crippen molar-refractivity contribution in [3.8, 4) is 5.75 Å². The number of carbonyl (C=O) groups excluding carboxylic acids is 2. The molecule has 0 saturated carbocycles. The van der Waals surface area contributed by atoms with Crippen LogP contribution < -0.4 is 10.1 Å². The topological polar surface area (TPSA) is 81.2 Å². The molecule has 0 fully saturated rings. The molecule has 0 aliphatic heterocycles. The molecule has 2 heterocycles. The third kappa shape index (κ3) is 5.21. The van der Waals surface area contributed by atoms with Gasteiger partial charge in [0.15, 0.2) is 5.78 Å². The summed E-state index contributed by atoms with van der Waals surface area (Å²) in [6, 6.07) is 11.4. The Morgan fingerprint density at radius 1 is 1.26 bits per heavy atom. The minimum atomic E-state index is -0.859. The molecule has 0 spiro atoms. The third-order valence-electron chi connectivity index (χ3n) is 6.31. The van der Waals surface area contributed by atoms with E-state index >= 15 is 0 Å². The van der Waals surface area contributed by atoms with Crippen molar-refractivity contribution in [1.29, 1.82) is 0 Å². The van der Waals surface area contributed by atoms with E-state index in [1.165, 1.54) is 11.1 Å². The summed E-state index contributed by atoms with van der Waals surface area (Å²) in [5.41, 5.74) is 2.70. The summed E-state index contributed by atoms with van der Waals surface area (Å²) >= 11 is 7.85. The number of Topliss-reactive ketones (excluding diaryl/α,β-unsaturated/α-hetero) is 1. The van der Waals surface area contributed by atoms with E-state index in [9.17, 15) is 9.59 Å². The second-order valence-electron chi connectivity index (χ2n) is 8.81. The maximum absolute atomic E-state index is 13.7. The zero-order valence-corrected chi connectivity index (χ0v) is 21.8. The van der Waals surface area contributed by atoms with Gasteiger partial charge in [-0.1, -0.05) is 30.7 Å². The van der Waals surface area contributed by atoms with Crippen LogP contribution >= 0.6 is 23.4 Å². The molecular formula is C27H28ClN3O3S. The minimum Gasteiger partial charge on any atom is -0.495 e. The van der Waals surface area contributed by atoms with Gasteiger partial charge in [0.25, 0.3) is 0 Å². The predicted molar refractivity (Wildman–Crippen MR) is 140 cm³/mol. The van der Waals surface area contributed by atoms with Gasteiger partial charge in [-0.3, -0.25) is 14.6 Å². The van der Waals surface area contributed by atoms with E-state index in [-0.39, 0.29) is 18.1 Å². The number of aryl methyl sites for hydroxylation is 2. The minimum absolute atomic E-state index is 0.0558. The van der Waals surface area contributed by atoms with E-state index in [4.69, 9.17) is 16.3 Å². The smallest absolute Gasteiger partial charge is 0.229 e. The molecule has 1 N–H and O–H groups in total. The monoisotopic (exact) mass is 509 g/mol. The number of aromatic nitrogens is 2. The van der Waals surface area contributed by atoms with Crippen LogP contribution in [0, 0.1) is 6.92 Å². The fourth-order valence-electron chi connectivity index (χ4n) is 4.51. The van der Waals surface area contributed by atoms with Crippen LogP contribution in [-0.4, -0.2) is 34.5 Å². The molecule has 1 unspecified atom stereocenters. The van der Waals surface area contributed by atoms with E-state index in [0.29, 0.717) is 46.4 Å². The van der Waals surface area contributed by atoms with Crippen LogP contribution in [0.1, 0.15) is 53.1 Å². The molecule has 2 aromatic heterocycles.